The van der Waals surface area contributed by atoms with Crippen LogP contribution < -0.4 is 0 Å². The van der Waals surface area contributed by atoms with E-state index in [1.165, 1.54) is 161 Å². The molecule has 332 valence electrons. The molecule has 56 heavy (non-hydrogen) atoms. The molecule has 0 spiro atoms. The Kier molecular flexibility index (Phi) is 41.8. The molecule has 0 saturated heterocycles. The van der Waals surface area contributed by atoms with Gasteiger partial charge in [0, 0.05) is 19.3 Å². The third-order valence-corrected chi connectivity index (χ3v) is 11.2. The third kappa shape index (κ3) is 43.5. The molecular formula is C50H96O6. The molecule has 0 saturated carbocycles. The summed E-state index contributed by atoms with van der Waals surface area (Å²) < 4.78 is 16.7. The van der Waals surface area contributed by atoms with Gasteiger partial charge < -0.3 is 14.2 Å². The van der Waals surface area contributed by atoms with Gasteiger partial charge in [-0.2, -0.15) is 0 Å². The van der Waals surface area contributed by atoms with Crippen molar-refractivity contribution in [1.82, 2.24) is 0 Å². The van der Waals surface area contributed by atoms with Crippen molar-refractivity contribution < 1.29 is 28.6 Å². The summed E-state index contributed by atoms with van der Waals surface area (Å²) in [5, 5.41) is 0. The zero-order chi connectivity index (χ0) is 41.2. The van der Waals surface area contributed by atoms with Crippen LogP contribution in [0, 0.1) is 11.8 Å². The van der Waals surface area contributed by atoms with Crippen molar-refractivity contribution >= 4 is 17.9 Å². The number of unbranched alkanes of at least 4 members (excludes halogenated alkanes) is 29. The second-order valence-electron chi connectivity index (χ2n) is 18.1. The molecule has 0 N–H and O–H groups in total. The quantitative estimate of drug-likeness (QED) is 0.0347. The lowest BCUT2D eigenvalue weighted by Crippen LogP contribution is -2.30. The van der Waals surface area contributed by atoms with Crippen LogP contribution in [0.3, 0.4) is 0 Å². The Morgan fingerprint density at radius 2 is 0.589 bits per heavy atom. The molecule has 0 aliphatic carbocycles. The van der Waals surface area contributed by atoms with Gasteiger partial charge in [-0.05, 0) is 31.1 Å². The topological polar surface area (TPSA) is 78.9 Å². The summed E-state index contributed by atoms with van der Waals surface area (Å²) in [5.74, 6) is 0.711. The van der Waals surface area contributed by atoms with Crippen molar-refractivity contribution in [3.63, 3.8) is 0 Å². The highest BCUT2D eigenvalue weighted by molar-refractivity contribution is 5.71. The highest BCUT2D eigenvalue weighted by Gasteiger charge is 2.19. The van der Waals surface area contributed by atoms with Gasteiger partial charge in [-0.25, -0.2) is 0 Å². The highest BCUT2D eigenvalue weighted by Crippen LogP contribution is 2.17. The van der Waals surface area contributed by atoms with Gasteiger partial charge in [0.1, 0.15) is 13.2 Å². The van der Waals surface area contributed by atoms with Crippen LogP contribution in [0.5, 0.6) is 0 Å². The number of rotatable bonds is 44. The van der Waals surface area contributed by atoms with E-state index in [9.17, 15) is 14.4 Å². The van der Waals surface area contributed by atoms with Crippen LogP contribution in [-0.2, 0) is 28.6 Å². The van der Waals surface area contributed by atoms with Crippen molar-refractivity contribution in [1.29, 1.82) is 0 Å². The summed E-state index contributed by atoms with van der Waals surface area (Å²) in [7, 11) is 0. The zero-order valence-corrected chi connectivity index (χ0v) is 38.3. The van der Waals surface area contributed by atoms with E-state index >= 15 is 0 Å². The maximum Gasteiger partial charge on any atom is 0.306 e. The summed E-state index contributed by atoms with van der Waals surface area (Å²) in [4.78, 5) is 37.8. The Hall–Kier alpha value is -1.59. The molecule has 0 aromatic carbocycles. The summed E-state index contributed by atoms with van der Waals surface area (Å²) in [6, 6.07) is 0. The Morgan fingerprint density at radius 3 is 0.875 bits per heavy atom. The van der Waals surface area contributed by atoms with E-state index in [2.05, 4.69) is 34.6 Å². The van der Waals surface area contributed by atoms with Gasteiger partial charge in [-0.3, -0.25) is 14.4 Å². The molecule has 0 radical (unpaired) electrons. The summed E-state index contributed by atoms with van der Waals surface area (Å²) in [6.45, 7) is 11.3. The highest BCUT2D eigenvalue weighted by atomic mass is 16.6. The van der Waals surface area contributed by atoms with Crippen molar-refractivity contribution in [3.05, 3.63) is 0 Å². The molecule has 0 fully saturated rings. The fraction of sp³-hybridized carbons (Fsp3) is 0.940. The van der Waals surface area contributed by atoms with Crippen molar-refractivity contribution in [3.8, 4) is 0 Å². The fourth-order valence-corrected chi connectivity index (χ4v) is 7.46. The van der Waals surface area contributed by atoms with Crippen molar-refractivity contribution in [2.45, 2.75) is 278 Å². The number of carbonyl (C=O) groups is 3. The van der Waals surface area contributed by atoms with E-state index in [0.29, 0.717) is 19.3 Å². The van der Waals surface area contributed by atoms with Gasteiger partial charge in [0.05, 0.1) is 0 Å². The fourth-order valence-electron chi connectivity index (χ4n) is 7.46. The number of hydrogen-bond acceptors (Lipinski definition) is 6. The van der Waals surface area contributed by atoms with Crippen LogP contribution in [0.4, 0.5) is 0 Å². The van der Waals surface area contributed by atoms with Crippen LogP contribution >= 0.6 is 0 Å². The second-order valence-corrected chi connectivity index (χ2v) is 18.1. The predicted molar refractivity (Wildman–Crippen MR) is 238 cm³/mol. The molecule has 0 unspecified atom stereocenters. The van der Waals surface area contributed by atoms with E-state index < -0.39 is 6.10 Å². The van der Waals surface area contributed by atoms with Gasteiger partial charge >= 0.3 is 17.9 Å². The van der Waals surface area contributed by atoms with Gasteiger partial charge in [-0.1, -0.05) is 234 Å². The maximum atomic E-state index is 12.7. The Morgan fingerprint density at radius 1 is 0.339 bits per heavy atom. The minimum Gasteiger partial charge on any atom is -0.462 e. The number of esters is 3. The third-order valence-electron chi connectivity index (χ3n) is 11.2. The van der Waals surface area contributed by atoms with E-state index in [4.69, 9.17) is 14.2 Å². The first-order chi connectivity index (χ1) is 27.2. The van der Waals surface area contributed by atoms with Gasteiger partial charge in [0.25, 0.3) is 0 Å². The molecule has 0 aliphatic heterocycles. The van der Waals surface area contributed by atoms with E-state index in [0.717, 1.165) is 69.6 Å². The van der Waals surface area contributed by atoms with Crippen LogP contribution in [0.2, 0.25) is 0 Å². The summed E-state index contributed by atoms with van der Waals surface area (Å²) in [6.07, 6.45) is 42.5. The lowest BCUT2D eigenvalue weighted by Gasteiger charge is -2.18. The number of hydrogen-bond donors (Lipinski definition) is 0. The molecule has 0 rings (SSSR count). The minimum absolute atomic E-state index is 0.0651. The zero-order valence-electron chi connectivity index (χ0n) is 38.3. The first kappa shape index (κ1) is 54.4. The predicted octanol–water partition coefficient (Wildman–Crippen LogP) is 15.8. The monoisotopic (exact) mass is 793 g/mol. The van der Waals surface area contributed by atoms with E-state index in [-0.39, 0.29) is 31.1 Å². The lowest BCUT2D eigenvalue weighted by atomic mass is 10.0. The number of carbonyl (C=O) groups excluding carboxylic acids is 3. The van der Waals surface area contributed by atoms with Crippen LogP contribution in [0.25, 0.3) is 0 Å². The number of ether oxygens (including phenoxy) is 3. The summed E-state index contributed by atoms with van der Waals surface area (Å²) >= 11 is 0. The van der Waals surface area contributed by atoms with Crippen LogP contribution in [0.1, 0.15) is 272 Å². The molecule has 6 nitrogen and oxygen atoms in total. The van der Waals surface area contributed by atoms with Crippen molar-refractivity contribution in [2.24, 2.45) is 11.8 Å². The lowest BCUT2D eigenvalue weighted by molar-refractivity contribution is -0.167. The average molecular weight is 793 g/mol. The van der Waals surface area contributed by atoms with Crippen molar-refractivity contribution in [2.75, 3.05) is 13.2 Å². The van der Waals surface area contributed by atoms with Gasteiger partial charge in [0.2, 0.25) is 0 Å². The van der Waals surface area contributed by atoms with Crippen LogP contribution in [0.15, 0.2) is 0 Å². The minimum atomic E-state index is -0.761. The second kappa shape index (κ2) is 43.0. The molecular weight excluding hydrogens is 697 g/mol. The molecule has 6 heteroatoms. The normalized spacial score (nSPS) is 12.1. The van der Waals surface area contributed by atoms with Gasteiger partial charge in [-0.15, -0.1) is 0 Å². The molecule has 1 atom stereocenters. The van der Waals surface area contributed by atoms with Gasteiger partial charge in [0.15, 0.2) is 6.10 Å². The smallest absolute Gasteiger partial charge is 0.306 e. The molecule has 0 aromatic heterocycles. The van der Waals surface area contributed by atoms with Crippen LogP contribution in [-0.4, -0.2) is 37.2 Å². The SMILES string of the molecule is CCCCCCCCCCCCCCCCCCCC(=O)OC[C@H](COC(=O)CCCCCCCCC(C)C)OC(=O)CCCCCCCCCCCC(C)C. The Balaban J connectivity index is 4.26. The summed E-state index contributed by atoms with van der Waals surface area (Å²) in [5.41, 5.74) is 0. The molecule has 0 aliphatic rings. The molecule has 0 heterocycles. The molecule has 0 bridgehead atoms. The Bertz CT molecular complexity index is 854. The largest absolute Gasteiger partial charge is 0.462 e. The van der Waals surface area contributed by atoms with E-state index in [1.807, 2.05) is 0 Å². The first-order valence-electron chi connectivity index (χ1n) is 24.7. The average Bonchev–Trinajstić information content (AvgIpc) is 3.16. The Labute approximate surface area is 348 Å². The first-order valence-corrected chi connectivity index (χ1v) is 24.7. The maximum absolute atomic E-state index is 12.7. The molecule has 0 amide bonds. The van der Waals surface area contributed by atoms with E-state index in [1.54, 1.807) is 0 Å². The standard InChI is InChI=1S/C50H96O6/c1-6-7-8-9-10-11-12-13-14-15-16-17-18-21-24-30-35-40-48(51)54-43-47(44-55-49(52)41-36-31-27-26-29-34-39-46(4)5)56-50(53)42-37-32-25-22-19-20-23-28-33-38-45(2)3/h45-47H,6-44H2,1-5H3/t47-/m1/s1. The molecule has 0 aromatic rings.